The largest absolute Gasteiger partial charge is 0.355 e. The molecule has 0 aliphatic carbocycles. The number of carbonyl (C=O) groups excluding carboxylic acids is 1. The van der Waals surface area contributed by atoms with Crippen LogP contribution in [-0.4, -0.2) is 49.0 Å². The number of nitrogens with zero attached hydrogens (tertiary/aromatic N) is 2. The predicted octanol–water partition coefficient (Wildman–Crippen LogP) is 3.83. The van der Waals surface area contributed by atoms with E-state index in [1.165, 1.54) is 0 Å². The molecule has 0 aliphatic heterocycles. The second-order valence-corrected chi connectivity index (χ2v) is 7.28. The van der Waals surface area contributed by atoms with Crippen LogP contribution in [0.2, 0.25) is 0 Å². The Balaban J connectivity index is 0.00000729. The average Bonchev–Trinajstić information content (AvgIpc) is 2.61. The Morgan fingerprint density at radius 3 is 2.39 bits per heavy atom. The van der Waals surface area contributed by atoms with E-state index in [0.29, 0.717) is 25.0 Å². The zero-order valence-corrected chi connectivity index (χ0v) is 20.5. The molecule has 0 saturated carbocycles. The molecule has 0 aliphatic rings. The van der Waals surface area contributed by atoms with E-state index < -0.39 is 0 Å². The van der Waals surface area contributed by atoms with E-state index in [4.69, 9.17) is 0 Å². The molecule has 0 atom stereocenters. The van der Waals surface area contributed by atoms with Gasteiger partial charge in [0.25, 0.3) is 0 Å². The van der Waals surface area contributed by atoms with Gasteiger partial charge < -0.3 is 16.0 Å². The summed E-state index contributed by atoms with van der Waals surface area (Å²) < 4.78 is 0. The highest BCUT2D eigenvalue weighted by Crippen LogP contribution is 2.11. The second-order valence-electron chi connectivity index (χ2n) is 7.28. The molecule has 7 heteroatoms. The van der Waals surface area contributed by atoms with Crippen molar-refractivity contribution in [2.45, 2.75) is 66.1 Å². The number of hydrogen-bond acceptors (Lipinski definition) is 3. The lowest BCUT2D eigenvalue weighted by Gasteiger charge is -2.30. The maximum absolute atomic E-state index is 11.7. The molecule has 1 aromatic carbocycles. The summed E-state index contributed by atoms with van der Waals surface area (Å²) in [4.78, 5) is 18.5. The van der Waals surface area contributed by atoms with Crippen molar-refractivity contribution >= 4 is 41.5 Å². The molecule has 0 saturated heterocycles. The van der Waals surface area contributed by atoms with Gasteiger partial charge in [0.1, 0.15) is 0 Å². The first-order valence-electron chi connectivity index (χ1n) is 9.96. The molecule has 0 fully saturated rings. The van der Waals surface area contributed by atoms with Gasteiger partial charge >= 0.3 is 0 Å². The number of guanidine groups is 1. The number of aliphatic imine (C=N–C) groups is 1. The molecular formula is C21H38IN5O. The van der Waals surface area contributed by atoms with E-state index in [1.807, 2.05) is 31.2 Å². The molecule has 1 aromatic rings. The summed E-state index contributed by atoms with van der Waals surface area (Å²) >= 11 is 0. The Morgan fingerprint density at radius 1 is 1.14 bits per heavy atom. The van der Waals surface area contributed by atoms with Crippen molar-refractivity contribution in [2.75, 3.05) is 25.5 Å². The Labute approximate surface area is 188 Å². The SMILES string of the molecule is CCCC(=O)Nc1cccc(CNC(=NC)NCCN(C(C)C)C(C)C)c1.I. The maximum Gasteiger partial charge on any atom is 0.224 e. The number of amides is 1. The van der Waals surface area contributed by atoms with Crippen LogP contribution in [-0.2, 0) is 11.3 Å². The first-order valence-corrected chi connectivity index (χ1v) is 9.96. The van der Waals surface area contributed by atoms with Crippen LogP contribution in [0.3, 0.4) is 0 Å². The number of nitrogens with one attached hydrogen (secondary N) is 3. The summed E-state index contributed by atoms with van der Waals surface area (Å²) in [5, 5.41) is 9.64. The minimum Gasteiger partial charge on any atom is -0.355 e. The van der Waals surface area contributed by atoms with Gasteiger partial charge in [-0.1, -0.05) is 19.1 Å². The van der Waals surface area contributed by atoms with Crippen LogP contribution in [0.5, 0.6) is 0 Å². The van der Waals surface area contributed by atoms with Crippen molar-refractivity contribution in [3.8, 4) is 0 Å². The number of hydrogen-bond donors (Lipinski definition) is 3. The minimum absolute atomic E-state index is 0. The van der Waals surface area contributed by atoms with Gasteiger partial charge in [-0.15, -0.1) is 24.0 Å². The van der Waals surface area contributed by atoms with Crippen LogP contribution >= 0.6 is 24.0 Å². The quantitative estimate of drug-likeness (QED) is 0.258. The molecule has 0 bridgehead atoms. The van der Waals surface area contributed by atoms with E-state index in [-0.39, 0.29) is 29.9 Å². The van der Waals surface area contributed by atoms with Crippen LogP contribution < -0.4 is 16.0 Å². The van der Waals surface area contributed by atoms with Crippen LogP contribution in [0.25, 0.3) is 0 Å². The van der Waals surface area contributed by atoms with E-state index in [2.05, 4.69) is 53.5 Å². The fraction of sp³-hybridized carbons (Fsp3) is 0.619. The van der Waals surface area contributed by atoms with Crippen molar-refractivity contribution in [1.82, 2.24) is 15.5 Å². The highest BCUT2D eigenvalue weighted by atomic mass is 127. The number of benzene rings is 1. The first kappa shape index (κ1) is 26.6. The fourth-order valence-corrected chi connectivity index (χ4v) is 3.03. The molecule has 3 N–H and O–H groups in total. The molecule has 28 heavy (non-hydrogen) atoms. The van der Waals surface area contributed by atoms with Crippen molar-refractivity contribution < 1.29 is 4.79 Å². The lowest BCUT2D eigenvalue weighted by atomic mass is 10.2. The van der Waals surface area contributed by atoms with Gasteiger partial charge in [-0.25, -0.2) is 0 Å². The van der Waals surface area contributed by atoms with E-state index in [9.17, 15) is 4.79 Å². The third-order valence-corrected chi connectivity index (χ3v) is 4.36. The zero-order chi connectivity index (χ0) is 20.2. The topological polar surface area (TPSA) is 68.8 Å². The summed E-state index contributed by atoms with van der Waals surface area (Å²) in [6.07, 6.45) is 1.39. The van der Waals surface area contributed by atoms with Gasteiger partial charge in [0, 0.05) is 50.9 Å². The minimum atomic E-state index is 0. The standard InChI is InChI=1S/C21H37N5O.HI/c1-7-9-20(27)25-19-11-8-10-18(14-19)15-24-21(22-6)23-12-13-26(16(2)3)17(4)5;/h8,10-11,14,16-17H,7,9,12-13,15H2,1-6H3,(H,25,27)(H2,22,23,24);1H. The third-order valence-electron chi connectivity index (χ3n) is 4.36. The van der Waals surface area contributed by atoms with E-state index in [0.717, 1.165) is 36.7 Å². The lowest BCUT2D eigenvalue weighted by Crippen LogP contribution is -2.45. The highest BCUT2D eigenvalue weighted by Gasteiger charge is 2.12. The molecule has 0 radical (unpaired) electrons. The normalized spacial score (nSPS) is 11.5. The van der Waals surface area contributed by atoms with Crippen LogP contribution in [0.15, 0.2) is 29.3 Å². The number of carbonyl (C=O) groups is 1. The van der Waals surface area contributed by atoms with Crippen molar-refractivity contribution in [2.24, 2.45) is 4.99 Å². The van der Waals surface area contributed by atoms with Gasteiger partial charge in [0.05, 0.1) is 0 Å². The van der Waals surface area contributed by atoms with Crippen molar-refractivity contribution in [3.05, 3.63) is 29.8 Å². The Bertz CT molecular complexity index is 596. The van der Waals surface area contributed by atoms with Gasteiger partial charge in [-0.05, 0) is 51.8 Å². The van der Waals surface area contributed by atoms with Gasteiger partial charge in [0.2, 0.25) is 5.91 Å². The number of rotatable bonds is 10. The maximum atomic E-state index is 11.7. The lowest BCUT2D eigenvalue weighted by molar-refractivity contribution is -0.116. The van der Waals surface area contributed by atoms with Gasteiger partial charge in [-0.2, -0.15) is 0 Å². The molecular weight excluding hydrogens is 465 g/mol. The number of halogens is 1. The molecule has 1 rings (SSSR count). The van der Waals surface area contributed by atoms with Crippen molar-refractivity contribution in [3.63, 3.8) is 0 Å². The third kappa shape index (κ3) is 10.3. The predicted molar refractivity (Wildman–Crippen MR) is 131 cm³/mol. The van der Waals surface area contributed by atoms with E-state index >= 15 is 0 Å². The Morgan fingerprint density at radius 2 is 1.82 bits per heavy atom. The monoisotopic (exact) mass is 503 g/mol. The molecule has 0 aromatic heterocycles. The second kappa shape index (κ2) is 14.6. The summed E-state index contributed by atoms with van der Waals surface area (Å²) in [6.45, 7) is 13.3. The molecule has 1 amide bonds. The Kier molecular flexibility index (Phi) is 13.9. The Hall–Kier alpha value is -1.35. The molecule has 0 heterocycles. The molecule has 6 nitrogen and oxygen atoms in total. The van der Waals surface area contributed by atoms with Crippen LogP contribution in [0.1, 0.15) is 53.0 Å². The van der Waals surface area contributed by atoms with Crippen LogP contribution in [0, 0.1) is 0 Å². The molecule has 0 spiro atoms. The smallest absolute Gasteiger partial charge is 0.224 e. The molecule has 160 valence electrons. The first-order chi connectivity index (χ1) is 12.9. The summed E-state index contributed by atoms with van der Waals surface area (Å²) in [7, 11) is 1.78. The van der Waals surface area contributed by atoms with Gasteiger partial charge in [0.15, 0.2) is 5.96 Å². The zero-order valence-electron chi connectivity index (χ0n) is 18.2. The molecule has 0 unspecified atom stereocenters. The number of anilines is 1. The van der Waals surface area contributed by atoms with Gasteiger partial charge in [-0.3, -0.25) is 14.7 Å². The fourth-order valence-electron chi connectivity index (χ4n) is 3.03. The van der Waals surface area contributed by atoms with Crippen LogP contribution in [0.4, 0.5) is 5.69 Å². The highest BCUT2D eigenvalue weighted by molar-refractivity contribution is 14.0. The summed E-state index contributed by atoms with van der Waals surface area (Å²) in [6, 6.07) is 8.94. The van der Waals surface area contributed by atoms with Crippen molar-refractivity contribution in [1.29, 1.82) is 0 Å². The van der Waals surface area contributed by atoms with E-state index in [1.54, 1.807) is 7.05 Å². The average molecular weight is 503 g/mol. The summed E-state index contributed by atoms with van der Waals surface area (Å²) in [5.74, 6) is 0.836. The summed E-state index contributed by atoms with van der Waals surface area (Å²) in [5.41, 5.74) is 1.93.